The molecule has 0 radical (unpaired) electrons. The lowest BCUT2D eigenvalue weighted by atomic mass is 9.97. The van der Waals surface area contributed by atoms with Crippen molar-refractivity contribution in [2.24, 2.45) is 0 Å². The lowest BCUT2D eigenvalue weighted by Gasteiger charge is -2.43. The smallest absolute Gasteiger partial charge is 0.305 e. The molecule has 1 rings (SSSR count). The van der Waals surface area contributed by atoms with Gasteiger partial charge >= 0.3 is 23.9 Å². The van der Waals surface area contributed by atoms with Crippen LogP contribution in [-0.4, -0.2) is 67.5 Å². The molecule has 0 unspecified atom stereocenters. The highest BCUT2D eigenvalue weighted by molar-refractivity contribution is 5.82. The molecule has 0 aromatic rings. The van der Waals surface area contributed by atoms with Crippen LogP contribution >= 0.6 is 0 Å². The Hall–Kier alpha value is -2.69. The third kappa shape index (κ3) is 5.69. The summed E-state index contributed by atoms with van der Waals surface area (Å²) in [6.45, 7) is 4.29. The van der Waals surface area contributed by atoms with E-state index in [1.165, 1.54) is 7.05 Å². The van der Waals surface area contributed by atoms with Gasteiger partial charge in [-0.1, -0.05) is 0 Å². The van der Waals surface area contributed by atoms with E-state index in [9.17, 15) is 24.0 Å². The summed E-state index contributed by atoms with van der Waals surface area (Å²) >= 11 is 0. The summed E-state index contributed by atoms with van der Waals surface area (Å²) < 4.78 is 25.6. The minimum absolute atomic E-state index is 0.730. The Morgan fingerprint density at radius 3 is 1.54 bits per heavy atom. The molecule has 0 aromatic heterocycles. The summed E-state index contributed by atoms with van der Waals surface area (Å²) in [6, 6.07) is 0. The molecule has 0 aromatic carbocycles. The molecule has 11 heteroatoms. The Labute approximate surface area is 149 Å². The van der Waals surface area contributed by atoms with Crippen molar-refractivity contribution < 1.29 is 47.7 Å². The third-order valence-electron chi connectivity index (χ3n) is 3.19. The first kappa shape index (κ1) is 21.4. The maximum atomic E-state index is 12.1. The van der Waals surface area contributed by atoms with Gasteiger partial charge in [-0.25, -0.2) is 0 Å². The Balaban J connectivity index is 3.37. The summed E-state index contributed by atoms with van der Waals surface area (Å²) in [5.41, 5.74) is 0. The molecular formula is C15H21NO10. The van der Waals surface area contributed by atoms with E-state index in [-0.39, 0.29) is 0 Å². The van der Waals surface area contributed by atoms with Gasteiger partial charge in [0.25, 0.3) is 5.91 Å². The van der Waals surface area contributed by atoms with Crippen molar-refractivity contribution in [3.05, 3.63) is 0 Å². The molecule has 0 spiro atoms. The molecule has 0 aliphatic carbocycles. The van der Waals surface area contributed by atoms with Crippen LogP contribution in [0.1, 0.15) is 27.7 Å². The molecule has 5 atom stereocenters. The highest BCUT2D eigenvalue weighted by Gasteiger charge is 2.55. The van der Waals surface area contributed by atoms with Crippen LogP contribution in [-0.2, 0) is 47.7 Å². The molecule has 26 heavy (non-hydrogen) atoms. The highest BCUT2D eigenvalue weighted by Crippen LogP contribution is 2.29. The molecule has 1 amide bonds. The number of nitrogens with one attached hydrogen (secondary N) is 1. The summed E-state index contributed by atoms with van der Waals surface area (Å²) in [5.74, 6) is -3.92. The Kier molecular flexibility index (Phi) is 7.50. The second-order valence-electron chi connectivity index (χ2n) is 5.37. The SMILES string of the molecule is CNC(=O)[C@H]1O[C@@H](OC(C)=O)[C@H](OC(C)=O)[C@@H](OC(C)=O)[C@@H]1OC(C)=O. The number of rotatable bonds is 5. The molecule has 0 bridgehead atoms. The predicted octanol–water partition coefficient (Wildman–Crippen LogP) is -1.18. The first-order valence-electron chi connectivity index (χ1n) is 7.62. The average molecular weight is 375 g/mol. The van der Waals surface area contributed by atoms with Crippen LogP contribution < -0.4 is 5.32 Å². The summed E-state index contributed by atoms with van der Waals surface area (Å²) in [5, 5.41) is 2.30. The van der Waals surface area contributed by atoms with E-state index in [2.05, 4.69) is 5.32 Å². The summed E-state index contributed by atoms with van der Waals surface area (Å²) in [4.78, 5) is 57.8. The van der Waals surface area contributed by atoms with E-state index in [1.54, 1.807) is 0 Å². The van der Waals surface area contributed by atoms with Gasteiger partial charge in [-0.05, 0) is 0 Å². The van der Waals surface area contributed by atoms with E-state index in [4.69, 9.17) is 23.7 Å². The van der Waals surface area contributed by atoms with Gasteiger partial charge < -0.3 is 29.0 Å². The lowest BCUT2D eigenvalue weighted by Crippen LogP contribution is -2.65. The standard InChI is InChI=1S/C15H21NO10/c1-6(17)22-10-11(23-7(2)18)13(24-8(3)19)15(25-9(4)20)26-12(10)14(21)16-5/h10-13,15H,1-5H3,(H,16,21)/t10-,11-,12-,13+,15+/m0/s1. The number of carbonyl (C=O) groups excluding carboxylic acids is 5. The maximum absolute atomic E-state index is 12.1. The molecule has 146 valence electrons. The van der Waals surface area contributed by atoms with Gasteiger partial charge in [-0.2, -0.15) is 0 Å². The molecule has 1 heterocycles. The van der Waals surface area contributed by atoms with Crippen LogP contribution in [0.3, 0.4) is 0 Å². The zero-order chi connectivity index (χ0) is 20.0. The molecular weight excluding hydrogens is 354 g/mol. The van der Waals surface area contributed by atoms with E-state index < -0.39 is 60.5 Å². The topological polar surface area (TPSA) is 144 Å². The summed E-state index contributed by atoms with van der Waals surface area (Å²) in [7, 11) is 1.30. The van der Waals surface area contributed by atoms with Crippen LogP contribution in [0.25, 0.3) is 0 Å². The van der Waals surface area contributed by atoms with Crippen molar-refractivity contribution in [3.8, 4) is 0 Å². The Morgan fingerprint density at radius 2 is 1.12 bits per heavy atom. The quantitative estimate of drug-likeness (QED) is 0.460. The first-order chi connectivity index (χ1) is 12.1. The summed E-state index contributed by atoms with van der Waals surface area (Å²) in [6.07, 6.45) is -7.38. The maximum Gasteiger partial charge on any atom is 0.305 e. The van der Waals surface area contributed by atoms with Crippen LogP contribution in [0.5, 0.6) is 0 Å². The van der Waals surface area contributed by atoms with Crippen molar-refractivity contribution in [2.75, 3.05) is 7.05 Å². The van der Waals surface area contributed by atoms with Gasteiger partial charge in [0.05, 0.1) is 0 Å². The fourth-order valence-electron chi connectivity index (χ4n) is 2.39. The van der Waals surface area contributed by atoms with E-state index in [0.29, 0.717) is 0 Å². The molecule has 1 aliphatic heterocycles. The molecule has 1 aliphatic rings. The number of carbonyl (C=O) groups is 5. The Bertz CT molecular complexity index is 589. The van der Waals surface area contributed by atoms with Gasteiger partial charge in [0.2, 0.25) is 12.4 Å². The number of amides is 1. The number of esters is 4. The van der Waals surface area contributed by atoms with E-state index in [0.717, 1.165) is 27.7 Å². The zero-order valence-corrected chi connectivity index (χ0v) is 15.0. The lowest BCUT2D eigenvalue weighted by molar-refractivity contribution is -0.290. The number of hydrogen-bond acceptors (Lipinski definition) is 10. The fourth-order valence-corrected chi connectivity index (χ4v) is 2.39. The minimum Gasteiger partial charge on any atom is -0.455 e. The third-order valence-corrected chi connectivity index (χ3v) is 3.19. The van der Waals surface area contributed by atoms with Crippen molar-refractivity contribution in [3.63, 3.8) is 0 Å². The predicted molar refractivity (Wildman–Crippen MR) is 81.2 cm³/mol. The van der Waals surface area contributed by atoms with Crippen LogP contribution in [0, 0.1) is 0 Å². The van der Waals surface area contributed by atoms with Crippen molar-refractivity contribution in [1.29, 1.82) is 0 Å². The molecule has 1 fully saturated rings. The van der Waals surface area contributed by atoms with Crippen LogP contribution in [0.15, 0.2) is 0 Å². The number of hydrogen-bond donors (Lipinski definition) is 1. The minimum atomic E-state index is -1.56. The molecule has 1 N–H and O–H groups in total. The molecule has 1 saturated heterocycles. The van der Waals surface area contributed by atoms with Crippen molar-refractivity contribution in [1.82, 2.24) is 5.32 Å². The van der Waals surface area contributed by atoms with E-state index >= 15 is 0 Å². The van der Waals surface area contributed by atoms with Gasteiger partial charge in [-0.15, -0.1) is 0 Å². The van der Waals surface area contributed by atoms with Crippen LogP contribution in [0.2, 0.25) is 0 Å². The van der Waals surface area contributed by atoms with Gasteiger partial charge in [-0.3, -0.25) is 24.0 Å². The molecule has 11 nitrogen and oxygen atoms in total. The fraction of sp³-hybridized carbons (Fsp3) is 0.667. The second-order valence-corrected chi connectivity index (χ2v) is 5.37. The van der Waals surface area contributed by atoms with Crippen molar-refractivity contribution in [2.45, 2.75) is 58.4 Å². The highest BCUT2D eigenvalue weighted by atomic mass is 16.7. The van der Waals surface area contributed by atoms with E-state index in [1.807, 2.05) is 0 Å². The van der Waals surface area contributed by atoms with Gasteiger partial charge in [0.1, 0.15) is 0 Å². The first-order valence-corrected chi connectivity index (χ1v) is 7.62. The second kappa shape index (κ2) is 9.13. The Morgan fingerprint density at radius 1 is 0.692 bits per heavy atom. The van der Waals surface area contributed by atoms with Crippen molar-refractivity contribution >= 4 is 29.8 Å². The number of likely N-dealkylation sites (N-methyl/N-ethyl adjacent to an activating group) is 1. The average Bonchev–Trinajstić information content (AvgIpc) is 2.50. The normalized spacial score (nSPS) is 27.7. The number of ether oxygens (including phenoxy) is 5. The van der Waals surface area contributed by atoms with Gasteiger partial charge in [0.15, 0.2) is 18.3 Å². The van der Waals surface area contributed by atoms with Gasteiger partial charge in [0, 0.05) is 34.7 Å². The zero-order valence-electron chi connectivity index (χ0n) is 15.0. The monoisotopic (exact) mass is 375 g/mol. The van der Waals surface area contributed by atoms with Crippen LogP contribution in [0.4, 0.5) is 0 Å². The largest absolute Gasteiger partial charge is 0.455 e. The molecule has 0 saturated carbocycles.